The van der Waals surface area contributed by atoms with E-state index < -0.39 is 0 Å². The predicted octanol–water partition coefficient (Wildman–Crippen LogP) is 4.00. The number of aromatic nitrogens is 2. The molecule has 94 valence electrons. The standard InChI is InChI=1S/C15H12BrN3/c16-13-3-1-12-8-14(4-2-11(12)7-13)19-10-15-9-17-5-6-18-15/h1-9,19H,10H2. The van der Waals surface area contributed by atoms with Crippen LogP contribution in [0.3, 0.4) is 0 Å². The number of rotatable bonds is 3. The van der Waals surface area contributed by atoms with Crippen molar-refractivity contribution in [2.75, 3.05) is 5.32 Å². The van der Waals surface area contributed by atoms with Gasteiger partial charge in [-0.1, -0.05) is 28.1 Å². The maximum atomic E-state index is 4.24. The smallest absolute Gasteiger partial charge is 0.0777 e. The van der Waals surface area contributed by atoms with Crippen LogP contribution in [0.2, 0.25) is 0 Å². The number of hydrogen-bond acceptors (Lipinski definition) is 3. The van der Waals surface area contributed by atoms with Gasteiger partial charge in [0, 0.05) is 22.6 Å². The Labute approximate surface area is 119 Å². The second kappa shape index (κ2) is 5.36. The molecule has 1 heterocycles. The highest BCUT2D eigenvalue weighted by molar-refractivity contribution is 9.10. The molecule has 2 aromatic carbocycles. The minimum Gasteiger partial charge on any atom is -0.379 e. The summed E-state index contributed by atoms with van der Waals surface area (Å²) in [6.45, 7) is 0.676. The fourth-order valence-electron chi connectivity index (χ4n) is 1.94. The van der Waals surface area contributed by atoms with Crippen LogP contribution in [-0.4, -0.2) is 9.97 Å². The van der Waals surface area contributed by atoms with Crippen LogP contribution >= 0.6 is 15.9 Å². The van der Waals surface area contributed by atoms with Crippen molar-refractivity contribution in [3.63, 3.8) is 0 Å². The highest BCUT2D eigenvalue weighted by Gasteiger charge is 1.98. The zero-order valence-electron chi connectivity index (χ0n) is 10.2. The van der Waals surface area contributed by atoms with Gasteiger partial charge in [-0.3, -0.25) is 9.97 Å². The van der Waals surface area contributed by atoms with Crippen LogP contribution in [0.5, 0.6) is 0 Å². The molecule has 0 aliphatic carbocycles. The third-order valence-electron chi connectivity index (χ3n) is 2.89. The molecule has 19 heavy (non-hydrogen) atoms. The van der Waals surface area contributed by atoms with Crippen LogP contribution in [0.1, 0.15) is 5.69 Å². The van der Waals surface area contributed by atoms with Crippen LogP contribution in [0.4, 0.5) is 5.69 Å². The Balaban J connectivity index is 1.80. The van der Waals surface area contributed by atoms with E-state index >= 15 is 0 Å². The minimum absolute atomic E-state index is 0.676. The van der Waals surface area contributed by atoms with Crippen LogP contribution in [-0.2, 0) is 6.54 Å². The van der Waals surface area contributed by atoms with Crippen molar-refractivity contribution in [2.24, 2.45) is 0 Å². The Bertz CT molecular complexity index is 698. The van der Waals surface area contributed by atoms with Crippen LogP contribution in [0.25, 0.3) is 10.8 Å². The van der Waals surface area contributed by atoms with Crippen molar-refractivity contribution in [2.45, 2.75) is 6.54 Å². The largest absolute Gasteiger partial charge is 0.379 e. The molecule has 3 nitrogen and oxygen atoms in total. The van der Waals surface area contributed by atoms with Crippen LogP contribution < -0.4 is 5.32 Å². The molecule has 0 amide bonds. The van der Waals surface area contributed by atoms with Crippen molar-refractivity contribution in [1.29, 1.82) is 0 Å². The number of hydrogen-bond donors (Lipinski definition) is 1. The topological polar surface area (TPSA) is 37.8 Å². The molecule has 0 unspecified atom stereocenters. The van der Waals surface area contributed by atoms with Crippen molar-refractivity contribution < 1.29 is 0 Å². The molecule has 0 fully saturated rings. The lowest BCUT2D eigenvalue weighted by Crippen LogP contribution is -2.01. The summed E-state index contributed by atoms with van der Waals surface area (Å²) in [7, 11) is 0. The SMILES string of the molecule is Brc1ccc2cc(NCc3cnccn3)ccc2c1. The number of nitrogens with zero attached hydrogens (tertiary/aromatic N) is 2. The highest BCUT2D eigenvalue weighted by atomic mass is 79.9. The van der Waals surface area contributed by atoms with Gasteiger partial charge in [-0.25, -0.2) is 0 Å². The molecule has 4 heteroatoms. The molecular weight excluding hydrogens is 302 g/mol. The first-order valence-electron chi connectivity index (χ1n) is 5.99. The van der Waals surface area contributed by atoms with Crippen molar-refractivity contribution in [3.8, 4) is 0 Å². The van der Waals surface area contributed by atoms with E-state index in [1.807, 2.05) is 0 Å². The minimum atomic E-state index is 0.676. The summed E-state index contributed by atoms with van der Waals surface area (Å²) in [5.74, 6) is 0. The third kappa shape index (κ3) is 2.90. The fraction of sp³-hybridized carbons (Fsp3) is 0.0667. The van der Waals surface area contributed by atoms with Gasteiger partial charge in [-0.15, -0.1) is 0 Å². The lowest BCUT2D eigenvalue weighted by Gasteiger charge is -2.07. The number of fused-ring (bicyclic) bond motifs is 1. The highest BCUT2D eigenvalue weighted by Crippen LogP contribution is 2.23. The Hall–Kier alpha value is -1.94. The van der Waals surface area contributed by atoms with E-state index in [2.05, 4.69) is 67.6 Å². The van der Waals surface area contributed by atoms with Crippen molar-refractivity contribution >= 4 is 32.4 Å². The van der Waals surface area contributed by atoms with Crippen molar-refractivity contribution in [1.82, 2.24) is 9.97 Å². The number of halogens is 1. The molecule has 1 aromatic heterocycles. The van der Waals surface area contributed by atoms with E-state index in [-0.39, 0.29) is 0 Å². The van der Waals surface area contributed by atoms with Gasteiger partial charge in [0.25, 0.3) is 0 Å². The predicted molar refractivity (Wildman–Crippen MR) is 81.0 cm³/mol. The van der Waals surface area contributed by atoms with Gasteiger partial charge in [-0.2, -0.15) is 0 Å². The molecule has 0 aliphatic heterocycles. The quantitative estimate of drug-likeness (QED) is 0.794. The summed E-state index contributed by atoms with van der Waals surface area (Å²) >= 11 is 3.48. The van der Waals surface area contributed by atoms with Gasteiger partial charge in [0.05, 0.1) is 18.4 Å². The molecule has 0 bridgehead atoms. The molecule has 0 saturated heterocycles. The van der Waals surface area contributed by atoms with E-state index in [0.717, 1.165) is 15.9 Å². The zero-order chi connectivity index (χ0) is 13.1. The first kappa shape index (κ1) is 12.1. The second-order valence-electron chi connectivity index (χ2n) is 4.26. The zero-order valence-corrected chi connectivity index (χ0v) is 11.8. The molecule has 0 saturated carbocycles. The van der Waals surface area contributed by atoms with Crippen molar-refractivity contribution in [3.05, 3.63) is 65.2 Å². The molecule has 0 atom stereocenters. The van der Waals surface area contributed by atoms with Gasteiger partial charge in [-0.05, 0) is 35.0 Å². The summed E-state index contributed by atoms with van der Waals surface area (Å²) < 4.78 is 1.10. The average Bonchev–Trinajstić information content (AvgIpc) is 2.46. The molecule has 0 spiro atoms. The van der Waals surface area contributed by atoms with E-state index in [4.69, 9.17) is 0 Å². The summed E-state index contributed by atoms with van der Waals surface area (Å²) in [6, 6.07) is 12.6. The number of benzene rings is 2. The summed E-state index contributed by atoms with van der Waals surface area (Å²) in [6.07, 6.45) is 5.15. The molecule has 1 N–H and O–H groups in total. The Morgan fingerprint density at radius 2 is 1.84 bits per heavy atom. The third-order valence-corrected chi connectivity index (χ3v) is 3.39. The van der Waals surface area contributed by atoms with Gasteiger partial charge < -0.3 is 5.32 Å². The van der Waals surface area contributed by atoms with Gasteiger partial charge in [0.2, 0.25) is 0 Å². The summed E-state index contributed by atoms with van der Waals surface area (Å²) in [5, 5.41) is 5.79. The number of nitrogens with one attached hydrogen (secondary N) is 1. The summed E-state index contributed by atoms with van der Waals surface area (Å²) in [4.78, 5) is 8.29. The average molecular weight is 314 g/mol. The maximum Gasteiger partial charge on any atom is 0.0777 e. The molecule has 3 aromatic rings. The Morgan fingerprint density at radius 1 is 1.00 bits per heavy atom. The first-order chi connectivity index (χ1) is 9.31. The molecular formula is C15H12BrN3. The molecule has 3 rings (SSSR count). The normalized spacial score (nSPS) is 10.6. The molecule has 0 radical (unpaired) electrons. The molecule has 0 aliphatic rings. The van der Waals surface area contributed by atoms with E-state index in [1.54, 1.807) is 18.6 Å². The van der Waals surface area contributed by atoms with Gasteiger partial charge in [0.1, 0.15) is 0 Å². The lowest BCUT2D eigenvalue weighted by molar-refractivity contribution is 1.01. The summed E-state index contributed by atoms with van der Waals surface area (Å²) in [5.41, 5.74) is 2.01. The van der Waals surface area contributed by atoms with E-state index in [0.29, 0.717) is 6.54 Å². The van der Waals surface area contributed by atoms with Crippen LogP contribution in [0, 0.1) is 0 Å². The Kier molecular flexibility index (Phi) is 3.42. The van der Waals surface area contributed by atoms with Gasteiger partial charge in [0.15, 0.2) is 0 Å². The lowest BCUT2D eigenvalue weighted by atomic mass is 10.1. The monoisotopic (exact) mass is 313 g/mol. The van der Waals surface area contributed by atoms with E-state index in [9.17, 15) is 0 Å². The van der Waals surface area contributed by atoms with E-state index in [1.165, 1.54) is 10.8 Å². The second-order valence-corrected chi connectivity index (χ2v) is 5.17. The number of anilines is 1. The Morgan fingerprint density at radius 3 is 2.68 bits per heavy atom. The van der Waals surface area contributed by atoms with Gasteiger partial charge >= 0.3 is 0 Å². The maximum absolute atomic E-state index is 4.24. The fourth-order valence-corrected chi connectivity index (χ4v) is 2.32. The first-order valence-corrected chi connectivity index (χ1v) is 6.79. The van der Waals surface area contributed by atoms with Crippen LogP contribution in [0.15, 0.2) is 59.5 Å².